The van der Waals surface area contributed by atoms with E-state index in [9.17, 15) is 4.79 Å². The fourth-order valence-corrected chi connectivity index (χ4v) is 3.04. The van der Waals surface area contributed by atoms with Crippen LogP contribution in [0.15, 0.2) is 48.5 Å². The molecule has 2 aromatic rings. The van der Waals surface area contributed by atoms with Crippen LogP contribution in [0, 0.1) is 0 Å². The minimum atomic E-state index is 0.219. The van der Waals surface area contributed by atoms with Crippen molar-refractivity contribution in [3.8, 4) is 0 Å². The van der Waals surface area contributed by atoms with Gasteiger partial charge in [0.25, 0.3) is 0 Å². The number of hydrogen-bond donors (Lipinski definition) is 1. The number of carbonyl (C=O) groups is 1. The molecule has 0 saturated heterocycles. The highest BCUT2D eigenvalue weighted by Crippen LogP contribution is 2.27. The van der Waals surface area contributed by atoms with Gasteiger partial charge in [0.2, 0.25) is 0 Å². The van der Waals surface area contributed by atoms with Gasteiger partial charge in [0.1, 0.15) is 5.78 Å². The molecule has 1 N–H and O–H groups in total. The van der Waals surface area contributed by atoms with Crippen LogP contribution in [0.1, 0.15) is 30.0 Å². The second-order valence-corrected chi connectivity index (χ2v) is 5.90. The highest BCUT2D eigenvalue weighted by Gasteiger charge is 2.19. The van der Waals surface area contributed by atoms with Crippen LogP contribution in [-0.4, -0.2) is 11.8 Å². The molecule has 0 aliphatic carbocycles. The van der Waals surface area contributed by atoms with Crippen LogP contribution in [0.4, 0.5) is 5.69 Å². The van der Waals surface area contributed by atoms with Crippen LogP contribution in [-0.2, 0) is 24.1 Å². The number of nitrogens with one attached hydrogen (secondary N) is 1. The molecule has 0 fully saturated rings. The minimum absolute atomic E-state index is 0.219. The Kier molecular flexibility index (Phi) is 4.05. The smallest absolute Gasteiger partial charge is 0.139 e. The molecule has 0 bridgehead atoms. The van der Waals surface area contributed by atoms with Gasteiger partial charge in [-0.25, -0.2) is 0 Å². The highest BCUT2D eigenvalue weighted by atomic mass is 16.1. The first-order valence-corrected chi connectivity index (χ1v) is 7.65. The number of aryl methyl sites for hydroxylation is 2. The quantitative estimate of drug-likeness (QED) is 0.926. The van der Waals surface area contributed by atoms with Gasteiger partial charge >= 0.3 is 0 Å². The number of hydrogen-bond acceptors (Lipinski definition) is 2. The normalized spacial score (nSPS) is 17.8. The molecule has 0 saturated carbocycles. The molecular formula is C19H21NO. The van der Waals surface area contributed by atoms with Crippen molar-refractivity contribution in [2.75, 3.05) is 5.32 Å². The molecule has 3 rings (SSSR count). The first-order valence-electron chi connectivity index (χ1n) is 7.65. The number of benzene rings is 2. The molecule has 1 heterocycles. The number of fused-ring (bicyclic) bond motifs is 1. The van der Waals surface area contributed by atoms with Crippen molar-refractivity contribution in [3.63, 3.8) is 0 Å². The predicted molar refractivity (Wildman–Crippen MR) is 86.7 cm³/mol. The van der Waals surface area contributed by atoms with E-state index in [0.29, 0.717) is 18.6 Å². The number of anilines is 1. The summed E-state index contributed by atoms with van der Waals surface area (Å²) in [6.07, 6.45) is 3.21. The number of para-hydroxylation sites is 1. The van der Waals surface area contributed by atoms with E-state index in [1.807, 2.05) is 6.07 Å². The van der Waals surface area contributed by atoms with Gasteiger partial charge in [0, 0.05) is 24.6 Å². The molecule has 0 radical (unpaired) electrons. The van der Waals surface area contributed by atoms with Gasteiger partial charge in [-0.05, 0) is 36.5 Å². The summed E-state index contributed by atoms with van der Waals surface area (Å²) in [5.41, 5.74) is 5.01. The SMILES string of the molecule is C[C@@H]1CC(=O)Cc2cccc(CCc3ccccc3)c2N1. The Hall–Kier alpha value is -2.09. The topological polar surface area (TPSA) is 29.1 Å². The molecule has 108 valence electrons. The van der Waals surface area contributed by atoms with Crippen molar-refractivity contribution in [1.82, 2.24) is 0 Å². The van der Waals surface area contributed by atoms with Crippen molar-refractivity contribution in [3.05, 3.63) is 65.2 Å². The summed E-state index contributed by atoms with van der Waals surface area (Å²) in [6.45, 7) is 2.08. The van der Waals surface area contributed by atoms with Crippen molar-refractivity contribution in [1.29, 1.82) is 0 Å². The molecule has 1 atom stereocenters. The molecule has 2 nitrogen and oxygen atoms in total. The maximum absolute atomic E-state index is 11.9. The first-order chi connectivity index (χ1) is 10.2. The maximum Gasteiger partial charge on any atom is 0.139 e. The van der Waals surface area contributed by atoms with Crippen LogP contribution < -0.4 is 5.32 Å². The van der Waals surface area contributed by atoms with Gasteiger partial charge in [-0.1, -0.05) is 48.5 Å². The van der Waals surface area contributed by atoms with Crippen molar-refractivity contribution < 1.29 is 4.79 Å². The molecule has 1 aliphatic rings. The summed E-state index contributed by atoms with van der Waals surface area (Å²) in [5, 5.41) is 3.54. The predicted octanol–water partition coefficient (Wildman–Crippen LogP) is 3.79. The molecule has 21 heavy (non-hydrogen) atoms. The van der Waals surface area contributed by atoms with Gasteiger partial charge in [0.05, 0.1) is 0 Å². The molecule has 0 amide bonds. The molecule has 2 heteroatoms. The average Bonchev–Trinajstić information content (AvgIpc) is 2.63. The largest absolute Gasteiger partial charge is 0.382 e. The van der Waals surface area contributed by atoms with E-state index >= 15 is 0 Å². The Morgan fingerprint density at radius 2 is 1.86 bits per heavy atom. The van der Waals surface area contributed by atoms with Crippen LogP contribution in [0.2, 0.25) is 0 Å². The summed E-state index contributed by atoms with van der Waals surface area (Å²) in [6, 6.07) is 17.1. The lowest BCUT2D eigenvalue weighted by Crippen LogP contribution is -2.17. The van der Waals surface area contributed by atoms with E-state index in [0.717, 1.165) is 18.4 Å². The number of Topliss-reactive ketones (excluding diaryl/α,β-unsaturated/α-hetero) is 1. The lowest BCUT2D eigenvalue weighted by atomic mass is 9.98. The highest BCUT2D eigenvalue weighted by molar-refractivity contribution is 5.85. The molecular weight excluding hydrogens is 258 g/mol. The van der Waals surface area contributed by atoms with Gasteiger partial charge in [-0.15, -0.1) is 0 Å². The lowest BCUT2D eigenvalue weighted by molar-refractivity contribution is -0.118. The van der Waals surface area contributed by atoms with Gasteiger partial charge in [-0.2, -0.15) is 0 Å². The third-order valence-electron chi connectivity index (χ3n) is 4.08. The Labute approximate surface area is 126 Å². The number of ketones is 1. The fraction of sp³-hybridized carbons (Fsp3) is 0.316. The van der Waals surface area contributed by atoms with E-state index in [1.165, 1.54) is 16.8 Å². The van der Waals surface area contributed by atoms with Gasteiger partial charge in [-0.3, -0.25) is 4.79 Å². The van der Waals surface area contributed by atoms with E-state index in [-0.39, 0.29) is 6.04 Å². The summed E-state index contributed by atoms with van der Waals surface area (Å²) >= 11 is 0. The summed E-state index contributed by atoms with van der Waals surface area (Å²) in [7, 11) is 0. The Morgan fingerprint density at radius 3 is 2.67 bits per heavy atom. The second kappa shape index (κ2) is 6.13. The Bertz CT molecular complexity index is 633. The monoisotopic (exact) mass is 279 g/mol. The van der Waals surface area contributed by atoms with Crippen molar-refractivity contribution in [2.24, 2.45) is 0 Å². The zero-order chi connectivity index (χ0) is 14.7. The molecule has 2 aromatic carbocycles. The number of carbonyl (C=O) groups excluding carboxylic acids is 1. The second-order valence-electron chi connectivity index (χ2n) is 5.90. The van der Waals surface area contributed by atoms with Gasteiger partial charge in [0.15, 0.2) is 0 Å². The summed E-state index contributed by atoms with van der Waals surface area (Å²) in [4.78, 5) is 11.9. The number of rotatable bonds is 3. The van der Waals surface area contributed by atoms with Crippen LogP contribution in [0.25, 0.3) is 0 Å². The van der Waals surface area contributed by atoms with Crippen molar-refractivity contribution in [2.45, 2.75) is 38.6 Å². The Morgan fingerprint density at radius 1 is 1.05 bits per heavy atom. The van der Waals surface area contributed by atoms with Crippen LogP contribution in [0.3, 0.4) is 0 Å². The third kappa shape index (κ3) is 3.33. The minimum Gasteiger partial charge on any atom is -0.382 e. The zero-order valence-corrected chi connectivity index (χ0v) is 12.4. The molecule has 0 spiro atoms. The third-order valence-corrected chi connectivity index (χ3v) is 4.08. The molecule has 0 aromatic heterocycles. The molecule has 1 aliphatic heterocycles. The van der Waals surface area contributed by atoms with E-state index in [2.05, 4.69) is 54.7 Å². The first kappa shape index (κ1) is 13.9. The van der Waals surface area contributed by atoms with Crippen LogP contribution in [0.5, 0.6) is 0 Å². The average molecular weight is 279 g/mol. The standard InChI is InChI=1S/C19H21NO/c1-14-12-18(21)13-17-9-5-8-16(19(17)20-14)11-10-15-6-3-2-4-7-15/h2-9,14,20H,10-13H2,1H3/t14-/m1/s1. The lowest BCUT2D eigenvalue weighted by Gasteiger charge is -2.17. The van der Waals surface area contributed by atoms with E-state index < -0.39 is 0 Å². The Balaban J connectivity index is 1.83. The molecule has 0 unspecified atom stereocenters. The summed E-state index contributed by atoms with van der Waals surface area (Å²) in [5.74, 6) is 0.328. The van der Waals surface area contributed by atoms with Gasteiger partial charge < -0.3 is 5.32 Å². The maximum atomic E-state index is 11.9. The van der Waals surface area contributed by atoms with Crippen molar-refractivity contribution >= 4 is 11.5 Å². The zero-order valence-electron chi connectivity index (χ0n) is 12.4. The fourth-order valence-electron chi connectivity index (χ4n) is 3.04. The van der Waals surface area contributed by atoms with E-state index in [4.69, 9.17) is 0 Å². The van der Waals surface area contributed by atoms with E-state index in [1.54, 1.807) is 0 Å². The van der Waals surface area contributed by atoms with Crippen LogP contribution >= 0.6 is 0 Å². The summed E-state index contributed by atoms with van der Waals surface area (Å²) < 4.78 is 0.